The second-order valence-corrected chi connectivity index (χ2v) is 15.8. The van der Waals surface area contributed by atoms with Gasteiger partial charge in [-0.25, -0.2) is 4.57 Å². The van der Waals surface area contributed by atoms with Crippen LogP contribution >= 0.6 is 7.82 Å². The van der Waals surface area contributed by atoms with Crippen molar-refractivity contribution in [3.05, 3.63) is 0 Å². The van der Waals surface area contributed by atoms with Crippen LogP contribution in [0.2, 0.25) is 0 Å². The van der Waals surface area contributed by atoms with Gasteiger partial charge in [0.15, 0.2) is 6.10 Å². The predicted octanol–water partition coefficient (Wildman–Crippen LogP) is 10.1. The van der Waals surface area contributed by atoms with E-state index >= 15 is 0 Å². The van der Waals surface area contributed by atoms with Crippen LogP contribution in [0.15, 0.2) is 0 Å². The number of phosphoric ester groups is 1. The first-order valence-corrected chi connectivity index (χ1v) is 20.8. The van der Waals surface area contributed by atoms with E-state index in [9.17, 15) is 19.0 Å². The molecule has 0 aromatic heterocycles. The molecule has 0 spiro atoms. The summed E-state index contributed by atoms with van der Waals surface area (Å²) < 4.78 is 34.1. The molecule has 280 valence electrons. The molecule has 0 amide bonds. The Labute approximate surface area is 289 Å². The summed E-state index contributed by atoms with van der Waals surface area (Å²) in [7, 11) is 1.49. The lowest BCUT2D eigenvalue weighted by Gasteiger charge is -2.24. The molecule has 0 aromatic rings. The lowest BCUT2D eigenvalue weighted by Crippen LogP contribution is -2.37. The Kier molecular flexibility index (Phi) is 30.4. The Bertz CT molecular complexity index is 789. The van der Waals surface area contributed by atoms with Gasteiger partial charge in [-0.2, -0.15) is 0 Å². The fourth-order valence-corrected chi connectivity index (χ4v) is 6.05. The van der Waals surface area contributed by atoms with Crippen LogP contribution in [-0.2, 0) is 32.7 Å². The third kappa shape index (κ3) is 34.7. The van der Waals surface area contributed by atoms with Crippen molar-refractivity contribution in [3.8, 4) is 0 Å². The molecule has 9 nitrogen and oxygen atoms in total. The largest absolute Gasteiger partial charge is 0.472 e. The van der Waals surface area contributed by atoms with Crippen LogP contribution in [0.1, 0.15) is 174 Å². The highest BCUT2D eigenvalue weighted by Gasteiger charge is 2.27. The first kappa shape index (κ1) is 46.0. The first-order chi connectivity index (χ1) is 22.5. The van der Waals surface area contributed by atoms with Crippen molar-refractivity contribution in [1.82, 2.24) is 0 Å². The summed E-state index contributed by atoms with van der Waals surface area (Å²) in [4.78, 5) is 35.0. The maximum absolute atomic E-state index is 12.6. The standard InChI is InChI=1S/C37H74NO8P/c1-6-8-10-12-14-15-16-17-18-19-20-21-22-24-26-28-30-37(40)46-35(34-45-47(41,42)44-32-31-38(3,4)5)33-43-36(39)29-27-25-23-13-11-9-7-2/h35H,6-34H2,1-5H3/p+1/t35-/m1/s1. The number of rotatable bonds is 35. The average Bonchev–Trinajstić information content (AvgIpc) is 3.01. The zero-order chi connectivity index (χ0) is 35.1. The number of hydrogen-bond acceptors (Lipinski definition) is 7. The molecule has 0 bridgehead atoms. The zero-order valence-electron chi connectivity index (χ0n) is 31.3. The van der Waals surface area contributed by atoms with E-state index in [1.165, 1.54) is 109 Å². The number of carbonyl (C=O) groups excluding carboxylic acids is 2. The molecule has 0 aliphatic rings. The summed E-state index contributed by atoms with van der Waals surface area (Å²) in [5.74, 6) is -0.797. The molecule has 1 N–H and O–H groups in total. The van der Waals surface area contributed by atoms with E-state index in [0.29, 0.717) is 17.4 Å². The van der Waals surface area contributed by atoms with E-state index in [4.69, 9.17) is 18.5 Å². The smallest absolute Gasteiger partial charge is 0.462 e. The average molecular weight is 693 g/mol. The summed E-state index contributed by atoms with van der Waals surface area (Å²) >= 11 is 0. The van der Waals surface area contributed by atoms with Crippen LogP contribution in [0.4, 0.5) is 0 Å². The van der Waals surface area contributed by atoms with Crippen molar-refractivity contribution >= 4 is 19.8 Å². The molecule has 0 aromatic carbocycles. The molecule has 1 unspecified atom stereocenters. The molecule has 0 saturated carbocycles. The van der Waals surface area contributed by atoms with Gasteiger partial charge < -0.3 is 18.9 Å². The third-order valence-corrected chi connectivity index (χ3v) is 9.37. The third-order valence-electron chi connectivity index (χ3n) is 8.39. The number of carbonyl (C=O) groups is 2. The highest BCUT2D eigenvalue weighted by atomic mass is 31.2. The molecule has 0 radical (unpaired) electrons. The minimum Gasteiger partial charge on any atom is -0.462 e. The number of nitrogens with zero attached hydrogens (tertiary/aromatic N) is 1. The molecular weight excluding hydrogens is 617 g/mol. The van der Waals surface area contributed by atoms with E-state index < -0.39 is 26.5 Å². The van der Waals surface area contributed by atoms with E-state index in [1.54, 1.807) is 0 Å². The first-order valence-electron chi connectivity index (χ1n) is 19.3. The number of phosphoric acid groups is 1. The molecule has 0 fully saturated rings. The molecule has 0 aliphatic heterocycles. The summed E-state index contributed by atoms with van der Waals surface area (Å²) in [5, 5.41) is 0. The number of unbranched alkanes of at least 4 members (excludes halogenated alkanes) is 21. The van der Waals surface area contributed by atoms with Gasteiger partial charge in [0, 0.05) is 12.8 Å². The van der Waals surface area contributed by atoms with Crippen molar-refractivity contribution in [3.63, 3.8) is 0 Å². The van der Waals surface area contributed by atoms with Gasteiger partial charge in [-0.3, -0.25) is 18.6 Å². The zero-order valence-corrected chi connectivity index (χ0v) is 32.2. The predicted molar refractivity (Wildman–Crippen MR) is 192 cm³/mol. The Morgan fingerprint density at radius 2 is 0.957 bits per heavy atom. The van der Waals surface area contributed by atoms with Crippen LogP contribution < -0.4 is 0 Å². The summed E-state index contributed by atoms with van der Waals surface area (Å²) in [5.41, 5.74) is 0. The summed E-state index contributed by atoms with van der Waals surface area (Å²) in [6.07, 6.45) is 27.3. The van der Waals surface area contributed by atoms with Crippen LogP contribution in [0.3, 0.4) is 0 Å². The molecule has 47 heavy (non-hydrogen) atoms. The van der Waals surface area contributed by atoms with E-state index in [-0.39, 0.29) is 25.6 Å². The molecule has 0 heterocycles. The normalized spacial score (nSPS) is 13.7. The quantitative estimate of drug-likeness (QED) is 0.0303. The topological polar surface area (TPSA) is 108 Å². The Hall–Kier alpha value is -0.990. The van der Waals surface area contributed by atoms with Gasteiger partial charge in [0.2, 0.25) is 0 Å². The van der Waals surface area contributed by atoms with E-state index in [2.05, 4.69) is 13.8 Å². The van der Waals surface area contributed by atoms with E-state index in [0.717, 1.165) is 38.5 Å². The summed E-state index contributed by atoms with van der Waals surface area (Å²) in [6, 6.07) is 0. The second-order valence-electron chi connectivity index (χ2n) is 14.3. The maximum Gasteiger partial charge on any atom is 0.472 e. The molecule has 10 heteroatoms. The fourth-order valence-electron chi connectivity index (χ4n) is 5.31. The Morgan fingerprint density at radius 1 is 0.574 bits per heavy atom. The van der Waals surface area contributed by atoms with Crippen molar-refractivity contribution in [2.24, 2.45) is 0 Å². The van der Waals surface area contributed by atoms with Gasteiger partial charge in [-0.05, 0) is 12.8 Å². The maximum atomic E-state index is 12.6. The molecule has 0 aliphatic carbocycles. The van der Waals surface area contributed by atoms with Gasteiger partial charge >= 0.3 is 19.8 Å². The minimum atomic E-state index is -4.35. The number of likely N-dealkylation sites (N-methyl/N-ethyl adjacent to an activating group) is 1. The molecule has 2 atom stereocenters. The van der Waals surface area contributed by atoms with Gasteiger partial charge in [-0.15, -0.1) is 0 Å². The highest BCUT2D eigenvalue weighted by molar-refractivity contribution is 7.47. The molecule has 0 saturated heterocycles. The Morgan fingerprint density at radius 3 is 1.36 bits per heavy atom. The number of ether oxygens (including phenoxy) is 2. The van der Waals surface area contributed by atoms with Gasteiger partial charge in [0.1, 0.15) is 19.8 Å². The van der Waals surface area contributed by atoms with Gasteiger partial charge in [0.05, 0.1) is 27.7 Å². The van der Waals surface area contributed by atoms with Crippen molar-refractivity contribution in [1.29, 1.82) is 0 Å². The second kappa shape index (κ2) is 31.0. The van der Waals surface area contributed by atoms with Gasteiger partial charge in [0.25, 0.3) is 0 Å². The van der Waals surface area contributed by atoms with Crippen molar-refractivity contribution < 1.29 is 42.1 Å². The van der Waals surface area contributed by atoms with Crippen LogP contribution in [0.25, 0.3) is 0 Å². The van der Waals surface area contributed by atoms with E-state index in [1.807, 2.05) is 21.1 Å². The lowest BCUT2D eigenvalue weighted by molar-refractivity contribution is -0.870. The van der Waals surface area contributed by atoms with Crippen LogP contribution in [0.5, 0.6) is 0 Å². The van der Waals surface area contributed by atoms with Crippen LogP contribution in [0, 0.1) is 0 Å². The highest BCUT2D eigenvalue weighted by Crippen LogP contribution is 2.43. The van der Waals surface area contributed by atoms with Crippen molar-refractivity contribution in [2.45, 2.75) is 180 Å². The van der Waals surface area contributed by atoms with Gasteiger partial charge in [-0.1, -0.05) is 149 Å². The fraction of sp³-hybridized carbons (Fsp3) is 0.946. The Balaban J connectivity index is 4.32. The lowest BCUT2D eigenvalue weighted by atomic mass is 10.0. The number of quaternary nitrogens is 1. The molecule has 0 rings (SSSR count). The number of hydrogen-bond donors (Lipinski definition) is 1. The van der Waals surface area contributed by atoms with Crippen LogP contribution in [-0.4, -0.2) is 74.9 Å². The molecular formula is C37H75NO8P+. The minimum absolute atomic E-state index is 0.0361. The SMILES string of the molecule is CCCCCCCCCCCCCCCCCCC(=O)O[C@H](COC(=O)CCCCCCCCC)COP(=O)(O)OCC[N+](C)(C)C. The monoisotopic (exact) mass is 693 g/mol. The number of esters is 2. The van der Waals surface area contributed by atoms with Crippen molar-refractivity contribution in [2.75, 3.05) is 47.5 Å². The summed E-state index contributed by atoms with van der Waals surface area (Å²) in [6.45, 7) is 4.38.